The first kappa shape index (κ1) is 18.5. The number of carboxylic acid groups (broad SMARTS) is 1. The third-order valence-electron chi connectivity index (χ3n) is 4.25. The minimum absolute atomic E-state index is 0.134. The van der Waals surface area contributed by atoms with E-state index in [4.69, 9.17) is 14.6 Å². The molecule has 27 heavy (non-hydrogen) atoms. The van der Waals surface area contributed by atoms with Gasteiger partial charge in [0.15, 0.2) is 0 Å². The van der Waals surface area contributed by atoms with E-state index in [1.807, 2.05) is 31.2 Å². The number of hydrogen-bond acceptors (Lipinski definition) is 4. The lowest BCUT2D eigenvalue weighted by molar-refractivity contribution is -0.126. The maximum absolute atomic E-state index is 12.8. The minimum Gasteiger partial charge on any atom is -0.494 e. The first-order valence-corrected chi connectivity index (χ1v) is 8.66. The second-order valence-electron chi connectivity index (χ2n) is 6.25. The van der Waals surface area contributed by atoms with Gasteiger partial charge in [0, 0.05) is 19.2 Å². The van der Waals surface area contributed by atoms with Crippen LogP contribution in [-0.2, 0) is 11.3 Å². The van der Waals surface area contributed by atoms with E-state index in [1.165, 1.54) is 12.1 Å². The third kappa shape index (κ3) is 4.28. The van der Waals surface area contributed by atoms with Crippen LogP contribution in [0.25, 0.3) is 6.08 Å². The van der Waals surface area contributed by atoms with Crippen LogP contribution in [0.15, 0.2) is 48.0 Å². The van der Waals surface area contributed by atoms with Crippen LogP contribution in [0.3, 0.4) is 0 Å². The highest BCUT2D eigenvalue weighted by Crippen LogP contribution is 2.30. The predicted octanol–water partition coefficient (Wildman–Crippen LogP) is 3.22. The molecule has 0 aromatic heterocycles. The summed E-state index contributed by atoms with van der Waals surface area (Å²) in [6.07, 6.45) is 1.83. The number of hydrogen-bond donors (Lipinski definition) is 1. The maximum Gasteiger partial charge on any atom is 0.335 e. The first-order chi connectivity index (χ1) is 13.0. The molecule has 0 aliphatic carbocycles. The summed E-state index contributed by atoms with van der Waals surface area (Å²) >= 11 is 0. The van der Waals surface area contributed by atoms with E-state index in [0.29, 0.717) is 18.7 Å². The number of aromatic carboxylic acids is 1. The highest BCUT2D eigenvalue weighted by molar-refractivity contribution is 5.99. The lowest BCUT2D eigenvalue weighted by Gasteiger charge is -2.23. The molecule has 1 aliphatic rings. The van der Waals surface area contributed by atoms with Crippen molar-refractivity contribution in [1.29, 1.82) is 0 Å². The largest absolute Gasteiger partial charge is 0.494 e. The molecule has 0 saturated heterocycles. The zero-order valence-corrected chi connectivity index (χ0v) is 15.3. The molecule has 0 unspecified atom stereocenters. The quantitative estimate of drug-likeness (QED) is 0.848. The van der Waals surface area contributed by atoms with Crippen LogP contribution in [0.5, 0.6) is 11.5 Å². The SMILES string of the molecule is CCOc1ccc2c(c1)C=C(C(=O)N(C)Cc1ccc(C(=O)O)cc1)CO2. The topological polar surface area (TPSA) is 76.1 Å². The number of benzene rings is 2. The Morgan fingerprint density at radius 2 is 1.93 bits per heavy atom. The van der Waals surface area contributed by atoms with Gasteiger partial charge in [0.2, 0.25) is 0 Å². The normalized spacial score (nSPS) is 12.4. The number of carbonyl (C=O) groups excluding carboxylic acids is 1. The standard InChI is InChI=1S/C21H21NO5/c1-3-26-18-8-9-19-16(11-18)10-17(13-27-19)20(23)22(2)12-14-4-6-15(7-5-14)21(24)25/h4-11H,3,12-13H2,1-2H3,(H,24,25). The molecule has 2 aromatic rings. The van der Waals surface area contributed by atoms with Gasteiger partial charge in [0.1, 0.15) is 18.1 Å². The van der Waals surface area contributed by atoms with Crippen LogP contribution in [0.1, 0.15) is 28.4 Å². The fourth-order valence-corrected chi connectivity index (χ4v) is 2.88. The van der Waals surface area contributed by atoms with E-state index >= 15 is 0 Å². The molecule has 6 heteroatoms. The van der Waals surface area contributed by atoms with Crippen molar-refractivity contribution >= 4 is 18.0 Å². The molecule has 0 bridgehead atoms. The van der Waals surface area contributed by atoms with Gasteiger partial charge in [-0.2, -0.15) is 0 Å². The molecular weight excluding hydrogens is 346 g/mol. The molecule has 6 nitrogen and oxygen atoms in total. The molecule has 1 N–H and O–H groups in total. The summed E-state index contributed by atoms with van der Waals surface area (Å²) in [6.45, 7) is 3.07. The van der Waals surface area contributed by atoms with Crippen molar-refractivity contribution in [1.82, 2.24) is 4.90 Å². The summed E-state index contributed by atoms with van der Waals surface area (Å²) in [5, 5.41) is 8.95. The predicted molar refractivity (Wildman–Crippen MR) is 101 cm³/mol. The summed E-state index contributed by atoms with van der Waals surface area (Å²) in [5.74, 6) is 0.351. The van der Waals surface area contributed by atoms with Gasteiger partial charge >= 0.3 is 5.97 Å². The molecule has 1 amide bonds. The minimum atomic E-state index is -0.972. The van der Waals surface area contributed by atoms with E-state index in [0.717, 1.165) is 22.6 Å². The summed E-state index contributed by atoms with van der Waals surface area (Å²) in [5.41, 5.74) is 2.45. The van der Waals surface area contributed by atoms with Gasteiger partial charge in [-0.25, -0.2) is 4.79 Å². The Morgan fingerprint density at radius 3 is 2.59 bits per heavy atom. The zero-order chi connectivity index (χ0) is 19.4. The third-order valence-corrected chi connectivity index (χ3v) is 4.25. The summed E-state index contributed by atoms with van der Waals surface area (Å²) in [7, 11) is 1.71. The fraction of sp³-hybridized carbons (Fsp3) is 0.238. The van der Waals surface area contributed by atoms with Gasteiger partial charge < -0.3 is 19.5 Å². The zero-order valence-electron chi connectivity index (χ0n) is 15.3. The fourth-order valence-electron chi connectivity index (χ4n) is 2.88. The van der Waals surface area contributed by atoms with Gasteiger partial charge in [-0.1, -0.05) is 12.1 Å². The molecular formula is C21H21NO5. The lowest BCUT2D eigenvalue weighted by Crippen LogP contribution is -2.30. The van der Waals surface area contributed by atoms with Crippen LogP contribution < -0.4 is 9.47 Å². The average Bonchev–Trinajstić information content (AvgIpc) is 2.67. The lowest BCUT2D eigenvalue weighted by atomic mass is 10.1. The Labute approximate surface area is 157 Å². The van der Waals surface area contributed by atoms with Crippen molar-refractivity contribution in [3.8, 4) is 11.5 Å². The van der Waals surface area contributed by atoms with Crippen LogP contribution >= 0.6 is 0 Å². The number of amides is 1. The smallest absolute Gasteiger partial charge is 0.335 e. The number of ether oxygens (including phenoxy) is 2. The van der Waals surface area contributed by atoms with Crippen molar-refractivity contribution in [2.24, 2.45) is 0 Å². The number of carboxylic acids is 1. The molecule has 2 aromatic carbocycles. The Balaban J connectivity index is 1.73. The first-order valence-electron chi connectivity index (χ1n) is 8.66. The monoisotopic (exact) mass is 367 g/mol. The highest BCUT2D eigenvalue weighted by atomic mass is 16.5. The Kier molecular flexibility index (Phi) is 5.45. The van der Waals surface area contributed by atoms with Crippen LogP contribution in [0, 0.1) is 0 Å². The van der Waals surface area contributed by atoms with Crippen molar-refractivity contribution < 1.29 is 24.2 Å². The average molecular weight is 367 g/mol. The van der Waals surface area contributed by atoms with Gasteiger partial charge in [0.05, 0.1) is 17.7 Å². The van der Waals surface area contributed by atoms with Crippen molar-refractivity contribution in [3.63, 3.8) is 0 Å². The molecule has 1 heterocycles. The number of nitrogens with zero attached hydrogens (tertiary/aromatic N) is 1. The van der Waals surface area contributed by atoms with Crippen LogP contribution in [-0.4, -0.2) is 42.1 Å². The highest BCUT2D eigenvalue weighted by Gasteiger charge is 2.21. The number of fused-ring (bicyclic) bond motifs is 1. The molecule has 0 spiro atoms. The van der Waals surface area contributed by atoms with Gasteiger partial charge in [-0.05, 0) is 48.9 Å². The number of likely N-dealkylation sites (N-methyl/N-ethyl adjacent to an activating group) is 1. The van der Waals surface area contributed by atoms with E-state index in [-0.39, 0.29) is 18.1 Å². The van der Waals surface area contributed by atoms with Gasteiger partial charge in [-0.3, -0.25) is 4.79 Å². The van der Waals surface area contributed by atoms with Gasteiger partial charge in [-0.15, -0.1) is 0 Å². The summed E-state index contributed by atoms with van der Waals surface area (Å²) < 4.78 is 11.2. The summed E-state index contributed by atoms with van der Waals surface area (Å²) in [6, 6.07) is 12.0. The van der Waals surface area contributed by atoms with E-state index in [1.54, 1.807) is 24.1 Å². The van der Waals surface area contributed by atoms with Crippen molar-refractivity contribution in [2.75, 3.05) is 20.3 Å². The molecule has 0 radical (unpaired) electrons. The molecule has 0 saturated carbocycles. The second-order valence-corrected chi connectivity index (χ2v) is 6.25. The van der Waals surface area contributed by atoms with E-state index in [9.17, 15) is 9.59 Å². The Hall–Kier alpha value is -3.28. The molecule has 3 rings (SSSR count). The van der Waals surface area contributed by atoms with Gasteiger partial charge in [0.25, 0.3) is 5.91 Å². The van der Waals surface area contributed by atoms with E-state index in [2.05, 4.69) is 0 Å². The maximum atomic E-state index is 12.8. The van der Waals surface area contributed by atoms with Crippen molar-refractivity contribution in [2.45, 2.75) is 13.5 Å². The molecule has 140 valence electrons. The Morgan fingerprint density at radius 1 is 1.19 bits per heavy atom. The van der Waals surface area contributed by atoms with Crippen molar-refractivity contribution in [3.05, 3.63) is 64.7 Å². The second kappa shape index (κ2) is 7.95. The molecule has 0 fully saturated rings. The van der Waals surface area contributed by atoms with E-state index < -0.39 is 5.97 Å². The summed E-state index contributed by atoms with van der Waals surface area (Å²) in [4.78, 5) is 25.3. The van der Waals surface area contributed by atoms with Crippen LogP contribution in [0.2, 0.25) is 0 Å². The number of rotatable bonds is 6. The molecule has 1 aliphatic heterocycles. The number of carbonyl (C=O) groups is 2. The Bertz CT molecular complexity index is 886. The van der Waals surface area contributed by atoms with Crippen LogP contribution in [0.4, 0.5) is 0 Å². The molecule has 0 atom stereocenters.